The van der Waals surface area contributed by atoms with E-state index in [0.717, 1.165) is 12.8 Å². The quantitative estimate of drug-likeness (QED) is 0.647. The molecular weight excluding hydrogens is 262 g/mol. The molecule has 0 unspecified atom stereocenters. The summed E-state index contributed by atoms with van der Waals surface area (Å²) in [6.07, 6.45) is 4.02. The minimum atomic E-state index is 0.446. The molecule has 0 radical (unpaired) electrons. The number of aryl methyl sites for hydroxylation is 1. The van der Waals surface area contributed by atoms with Gasteiger partial charge < -0.3 is 0 Å². The van der Waals surface area contributed by atoms with Crippen LogP contribution in [0.4, 0.5) is 0 Å². The summed E-state index contributed by atoms with van der Waals surface area (Å²) < 4.78 is 0. The second-order valence-electron chi connectivity index (χ2n) is 4.84. The van der Waals surface area contributed by atoms with E-state index < -0.39 is 0 Å². The molecule has 3 rings (SSSR count). The molecule has 0 N–H and O–H groups in total. The van der Waals surface area contributed by atoms with Gasteiger partial charge in [0.15, 0.2) is 0 Å². The van der Waals surface area contributed by atoms with Gasteiger partial charge in [-0.3, -0.25) is 0 Å². The average Bonchev–Trinajstić information content (AvgIpc) is 3.03. The van der Waals surface area contributed by atoms with Crippen LogP contribution in [0.1, 0.15) is 28.5 Å². The molecule has 0 aliphatic heterocycles. The van der Waals surface area contributed by atoms with Gasteiger partial charge in [-0.1, -0.05) is 60.7 Å². The number of nitrogens with zero attached hydrogens (tertiary/aromatic N) is 1. The number of aromatic nitrogens is 1. The van der Waals surface area contributed by atoms with Crippen molar-refractivity contribution in [2.24, 2.45) is 0 Å². The minimum absolute atomic E-state index is 0.446. The van der Waals surface area contributed by atoms with Crippen LogP contribution in [-0.4, -0.2) is 4.98 Å². The summed E-state index contributed by atoms with van der Waals surface area (Å²) in [5.41, 5.74) is 2.77. The lowest BCUT2D eigenvalue weighted by Crippen LogP contribution is -2.02. The Labute approximate surface area is 124 Å². The Hall–Kier alpha value is -1.93. The highest BCUT2D eigenvalue weighted by Gasteiger charge is 2.14. The van der Waals surface area contributed by atoms with Crippen LogP contribution in [0.25, 0.3) is 0 Å². The van der Waals surface area contributed by atoms with Crippen molar-refractivity contribution < 1.29 is 0 Å². The zero-order chi connectivity index (χ0) is 13.6. The van der Waals surface area contributed by atoms with Crippen LogP contribution in [-0.2, 0) is 6.42 Å². The molecule has 0 atom stereocenters. The topological polar surface area (TPSA) is 12.9 Å². The van der Waals surface area contributed by atoms with Crippen molar-refractivity contribution in [1.29, 1.82) is 0 Å². The zero-order valence-electron chi connectivity index (χ0n) is 11.3. The molecule has 0 saturated heterocycles. The van der Waals surface area contributed by atoms with E-state index in [9.17, 15) is 0 Å². The van der Waals surface area contributed by atoms with Gasteiger partial charge in [0.2, 0.25) is 0 Å². The van der Waals surface area contributed by atoms with Gasteiger partial charge in [-0.05, 0) is 17.5 Å². The standard InChI is InChI=1S/C18H17NS/c1-3-7-15(8-4-1)17(16-9-5-2-6-10-16)11-12-18-19-13-14-20-18/h1-10,13-14,17H,11-12H2. The Morgan fingerprint density at radius 2 is 1.45 bits per heavy atom. The van der Waals surface area contributed by atoms with Crippen molar-refractivity contribution in [3.05, 3.63) is 88.4 Å². The van der Waals surface area contributed by atoms with Crippen molar-refractivity contribution in [2.75, 3.05) is 0 Å². The van der Waals surface area contributed by atoms with E-state index in [-0.39, 0.29) is 0 Å². The first-order valence-electron chi connectivity index (χ1n) is 6.92. The van der Waals surface area contributed by atoms with Gasteiger partial charge in [-0.2, -0.15) is 0 Å². The third kappa shape index (κ3) is 3.14. The highest BCUT2D eigenvalue weighted by molar-refractivity contribution is 7.09. The molecule has 3 aromatic rings. The van der Waals surface area contributed by atoms with Crippen LogP contribution in [0.15, 0.2) is 72.2 Å². The predicted molar refractivity (Wildman–Crippen MR) is 85.2 cm³/mol. The molecule has 0 saturated carbocycles. The molecule has 1 nitrogen and oxygen atoms in total. The third-order valence-electron chi connectivity index (χ3n) is 3.53. The first-order chi connectivity index (χ1) is 9.93. The molecule has 1 heterocycles. The van der Waals surface area contributed by atoms with Gasteiger partial charge in [0.1, 0.15) is 0 Å². The Morgan fingerprint density at radius 1 is 0.850 bits per heavy atom. The lowest BCUT2D eigenvalue weighted by Gasteiger charge is -2.17. The minimum Gasteiger partial charge on any atom is -0.250 e. The number of rotatable bonds is 5. The maximum Gasteiger partial charge on any atom is 0.0925 e. The Bertz CT molecular complexity index is 578. The zero-order valence-corrected chi connectivity index (χ0v) is 12.1. The van der Waals surface area contributed by atoms with Crippen LogP contribution in [0, 0.1) is 0 Å². The van der Waals surface area contributed by atoms with E-state index >= 15 is 0 Å². The fraction of sp³-hybridized carbons (Fsp3) is 0.167. The molecule has 0 bridgehead atoms. The lowest BCUT2D eigenvalue weighted by molar-refractivity contribution is 0.712. The Kier molecular flexibility index (Phi) is 4.24. The first kappa shape index (κ1) is 13.1. The summed E-state index contributed by atoms with van der Waals surface area (Å²) in [6, 6.07) is 21.5. The maximum absolute atomic E-state index is 4.39. The maximum atomic E-state index is 4.39. The average molecular weight is 279 g/mol. The molecule has 100 valence electrons. The monoisotopic (exact) mass is 279 g/mol. The Balaban J connectivity index is 1.84. The van der Waals surface area contributed by atoms with Crippen LogP contribution in [0.3, 0.4) is 0 Å². The van der Waals surface area contributed by atoms with Crippen LogP contribution < -0.4 is 0 Å². The SMILES string of the molecule is c1ccc(C(CCc2nccs2)c2ccccc2)cc1. The van der Waals surface area contributed by atoms with Crippen LogP contribution in [0.5, 0.6) is 0 Å². The molecule has 0 aliphatic rings. The summed E-state index contributed by atoms with van der Waals surface area (Å²) in [6.45, 7) is 0. The van der Waals surface area contributed by atoms with Crippen molar-refractivity contribution >= 4 is 11.3 Å². The van der Waals surface area contributed by atoms with Crippen molar-refractivity contribution in [1.82, 2.24) is 4.98 Å². The molecule has 2 heteroatoms. The summed E-state index contributed by atoms with van der Waals surface area (Å²) in [7, 11) is 0. The van der Waals surface area contributed by atoms with E-state index in [2.05, 4.69) is 71.0 Å². The normalized spacial score (nSPS) is 10.8. The second kappa shape index (κ2) is 6.49. The van der Waals surface area contributed by atoms with E-state index in [1.807, 2.05) is 6.20 Å². The highest BCUT2D eigenvalue weighted by atomic mass is 32.1. The van der Waals surface area contributed by atoms with E-state index in [1.54, 1.807) is 11.3 Å². The summed E-state index contributed by atoms with van der Waals surface area (Å²) >= 11 is 1.74. The van der Waals surface area contributed by atoms with Crippen molar-refractivity contribution in [2.45, 2.75) is 18.8 Å². The number of benzene rings is 2. The molecule has 0 amide bonds. The smallest absolute Gasteiger partial charge is 0.0925 e. The highest BCUT2D eigenvalue weighted by Crippen LogP contribution is 2.29. The second-order valence-corrected chi connectivity index (χ2v) is 5.82. The van der Waals surface area contributed by atoms with Crippen LogP contribution in [0.2, 0.25) is 0 Å². The molecule has 0 fully saturated rings. The predicted octanol–water partition coefficient (Wildman–Crippen LogP) is 4.91. The van der Waals surface area contributed by atoms with E-state index in [1.165, 1.54) is 16.1 Å². The van der Waals surface area contributed by atoms with Gasteiger partial charge in [-0.15, -0.1) is 11.3 Å². The van der Waals surface area contributed by atoms with Crippen LogP contribution >= 0.6 is 11.3 Å². The largest absolute Gasteiger partial charge is 0.250 e. The first-order valence-corrected chi connectivity index (χ1v) is 7.80. The van der Waals surface area contributed by atoms with Gasteiger partial charge >= 0.3 is 0 Å². The summed E-state index contributed by atoms with van der Waals surface area (Å²) in [4.78, 5) is 4.39. The summed E-state index contributed by atoms with van der Waals surface area (Å²) in [5, 5.41) is 3.27. The van der Waals surface area contributed by atoms with Crippen molar-refractivity contribution in [3.8, 4) is 0 Å². The fourth-order valence-electron chi connectivity index (χ4n) is 2.54. The summed E-state index contributed by atoms with van der Waals surface area (Å²) in [5.74, 6) is 0.446. The number of hydrogen-bond donors (Lipinski definition) is 0. The van der Waals surface area contributed by atoms with E-state index in [4.69, 9.17) is 0 Å². The molecule has 2 aromatic carbocycles. The van der Waals surface area contributed by atoms with Gasteiger partial charge in [0, 0.05) is 23.9 Å². The molecule has 20 heavy (non-hydrogen) atoms. The van der Waals surface area contributed by atoms with Crippen molar-refractivity contribution in [3.63, 3.8) is 0 Å². The fourth-order valence-corrected chi connectivity index (χ4v) is 3.18. The van der Waals surface area contributed by atoms with E-state index in [0.29, 0.717) is 5.92 Å². The molecule has 0 spiro atoms. The van der Waals surface area contributed by atoms with Gasteiger partial charge in [0.05, 0.1) is 5.01 Å². The Morgan fingerprint density at radius 3 is 1.95 bits per heavy atom. The molecule has 0 aliphatic carbocycles. The molecular formula is C18H17NS. The van der Waals surface area contributed by atoms with Gasteiger partial charge in [0.25, 0.3) is 0 Å². The third-order valence-corrected chi connectivity index (χ3v) is 4.37. The number of hydrogen-bond acceptors (Lipinski definition) is 2. The molecule has 1 aromatic heterocycles. The van der Waals surface area contributed by atoms with Gasteiger partial charge in [-0.25, -0.2) is 4.98 Å². The lowest BCUT2D eigenvalue weighted by atomic mass is 9.87. The number of thiazole rings is 1.